The summed E-state index contributed by atoms with van der Waals surface area (Å²) in [6.45, 7) is 4.84. The first-order valence-electron chi connectivity index (χ1n) is 4.75. The number of anilines is 1. The average molecular weight is 309 g/mol. The maximum absolute atomic E-state index is 10.2. The van der Waals surface area contributed by atoms with E-state index in [9.17, 15) is 10.1 Å². The third-order valence-electron chi connectivity index (χ3n) is 2.32. The molecule has 2 N–H and O–H groups in total. The second kappa shape index (κ2) is 7.23. The van der Waals surface area contributed by atoms with Gasteiger partial charge in [-0.3, -0.25) is 10.1 Å². The molecule has 1 aromatic carbocycles. The molecule has 1 atom stereocenters. The number of hydrogen-bond acceptors (Lipinski definition) is 3. The Balaban J connectivity index is 0.00000225. The Morgan fingerprint density at radius 1 is 1.50 bits per heavy atom. The molecule has 16 heavy (non-hydrogen) atoms. The average Bonchev–Trinajstić information content (AvgIpc) is 2.21. The molecule has 0 aliphatic carbocycles. The smallest absolute Gasteiger partial charge is 0.398 e. The van der Waals surface area contributed by atoms with Crippen molar-refractivity contribution in [3.63, 3.8) is 0 Å². The summed E-state index contributed by atoms with van der Waals surface area (Å²) in [6, 6.07) is 7.40. The van der Waals surface area contributed by atoms with Crippen LogP contribution in [-0.4, -0.2) is 4.92 Å². The van der Waals surface area contributed by atoms with Crippen LogP contribution in [0.2, 0.25) is 0 Å². The maximum Gasteiger partial charge on any atom is 2.00 e. The summed E-state index contributed by atoms with van der Waals surface area (Å²) in [7, 11) is 0. The summed E-state index contributed by atoms with van der Waals surface area (Å²) in [6.07, 6.45) is 0.962. The molecule has 0 aromatic heterocycles. The Labute approximate surface area is 108 Å². The van der Waals surface area contributed by atoms with Gasteiger partial charge in [0.2, 0.25) is 0 Å². The summed E-state index contributed by atoms with van der Waals surface area (Å²) >= 11 is 0. The van der Waals surface area contributed by atoms with Gasteiger partial charge in [-0.05, 0) is 11.6 Å². The van der Waals surface area contributed by atoms with Crippen LogP contribution in [0.4, 0.5) is 5.69 Å². The van der Waals surface area contributed by atoms with Gasteiger partial charge in [0.1, 0.15) is 0 Å². The van der Waals surface area contributed by atoms with Crippen LogP contribution in [0.5, 0.6) is 0 Å². The molecule has 0 saturated heterocycles. The zero-order valence-corrected chi connectivity index (χ0v) is 10.4. The van der Waals surface area contributed by atoms with Gasteiger partial charge in [0, 0.05) is 5.69 Å². The maximum atomic E-state index is 10.2. The molecule has 89 valence electrons. The van der Waals surface area contributed by atoms with Gasteiger partial charge in [-0.2, -0.15) is 6.42 Å². The van der Waals surface area contributed by atoms with Gasteiger partial charge in [0.05, 0.1) is 0 Å². The Morgan fingerprint density at radius 2 is 2.12 bits per heavy atom. The first-order valence-corrected chi connectivity index (χ1v) is 4.75. The number of nitro groups is 1. The standard InChI is InChI=1S/C11H14N2O2.Rh/c1-2-9(7-8-13(14)15)10-5-3-4-6-11(10)12;/h3-6,8-9H,1-2,7,12H2;/q-2;+2. The van der Waals surface area contributed by atoms with Gasteiger partial charge >= 0.3 is 19.5 Å². The van der Waals surface area contributed by atoms with Crippen LogP contribution in [0.15, 0.2) is 24.3 Å². The van der Waals surface area contributed by atoms with E-state index in [-0.39, 0.29) is 25.4 Å². The second-order valence-electron chi connectivity index (χ2n) is 3.32. The fraction of sp³-hybridized carbons (Fsp3) is 0.273. The molecule has 0 saturated carbocycles. The molecule has 0 fully saturated rings. The molecule has 1 rings (SSSR count). The number of nitrogens with zero attached hydrogens (tertiary/aromatic N) is 1. The van der Waals surface area contributed by atoms with Crippen LogP contribution in [0.3, 0.4) is 0 Å². The molecule has 0 heterocycles. The van der Waals surface area contributed by atoms with Gasteiger partial charge in [-0.1, -0.05) is 37.1 Å². The van der Waals surface area contributed by atoms with E-state index in [1.165, 1.54) is 0 Å². The number of nitrogen functional groups attached to an aromatic ring is 1. The molecule has 0 spiro atoms. The van der Waals surface area contributed by atoms with Gasteiger partial charge in [-0.15, -0.1) is 4.92 Å². The first-order chi connectivity index (χ1) is 7.15. The largest absolute Gasteiger partial charge is 2.00 e. The van der Waals surface area contributed by atoms with Gasteiger partial charge < -0.3 is 12.7 Å². The summed E-state index contributed by atoms with van der Waals surface area (Å²) in [5.74, 6) is 0.0246. The van der Waals surface area contributed by atoms with E-state index < -0.39 is 4.92 Å². The van der Waals surface area contributed by atoms with Crippen LogP contribution in [-0.2, 0) is 19.5 Å². The van der Waals surface area contributed by atoms with Crippen LogP contribution >= 0.6 is 0 Å². The van der Waals surface area contributed by atoms with Crippen molar-refractivity contribution in [2.24, 2.45) is 0 Å². The summed E-state index contributed by atoms with van der Waals surface area (Å²) in [5.41, 5.74) is 7.40. The topological polar surface area (TPSA) is 69.2 Å². The molecule has 1 radical (unpaired) electrons. The van der Waals surface area contributed by atoms with Crippen molar-refractivity contribution in [3.05, 3.63) is 53.4 Å². The number of rotatable bonds is 5. The second-order valence-corrected chi connectivity index (χ2v) is 3.32. The molecule has 1 aromatic rings. The molecule has 0 aliphatic rings. The van der Waals surface area contributed by atoms with E-state index in [1.54, 1.807) is 6.07 Å². The predicted octanol–water partition coefficient (Wildman–Crippen LogP) is 2.40. The van der Waals surface area contributed by atoms with E-state index in [2.05, 4.69) is 6.92 Å². The van der Waals surface area contributed by atoms with Crippen LogP contribution in [0, 0.1) is 23.6 Å². The predicted molar refractivity (Wildman–Crippen MR) is 59.5 cm³/mol. The minimum atomic E-state index is -0.429. The summed E-state index contributed by atoms with van der Waals surface area (Å²) in [5, 5.41) is 10.2. The Morgan fingerprint density at radius 3 is 2.62 bits per heavy atom. The summed E-state index contributed by atoms with van der Waals surface area (Å²) in [4.78, 5) is 9.81. The zero-order valence-electron chi connectivity index (χ0n) is 8.76. The van der Waals surface area contributed by atoms with Crippen molar-refractivity contribution in [3.8, 4) is 0 Å². The fourth-order valence-electron chi connectivity index (χ4n) is 1.50. The minimum Gasteiger partial charge on any atom is -0.398 e. The van der Waals surface area contributed by atoms with E-state index in [1.807, 2.05) is 18.2 Å². The Kier molecular flexibility index (Phi) is 6.74. The Bertz CT molecular complexity index is 345. The quantitative estimate of drug-likeness (QED) is 0.298. The van der Waals surface area contributed by atoms with Crippen molar-refractivity contribution >= 4 is 5.69 Å². The number of para-hydroxylation sites is 1. The van der Waals surface area contributed by atoms with Gasteiger partial charge in [-0.25, -0.2) is 0 Å². The normalized spacial score (nSPS) is 11.3. The molecule has 4 nitrogen and oxygen atoms in total. The minimum absolute atomic E-state index is 0. The van der Waals surface area contributed by atoms with Crippen molar-refractivity contribution < 1.29 is 24.4 Å². The van der Waals surface area contributed by atoms with E-state index in [0.717, 1.165) is 12.1 Å². The van der Waals surface area contributed by atoms with Crippen molar-refractivity contribution in [2.75, 3.05) is 5.73 Å². The number of benzene rings is 1. The zero-order chi connectivity index (χ0) is 11.3. The molecule has 5 heteroatoms. The van der Waals surface area contributed by atoms with Crippen LogP contribution in [0.1, 0.15) is 24.3 Å². The van der Waals surface area contributed by atoms with Crippen molar-refractivity contribution in [2.45, 2.75) is 18.8 Å². The third kappa shape index (κ3) is 4.19. The third-order valence-corrected chi connectivity index (χ3v) is 2.32. The SMILES string of the molecule is [CH2-]CC(C[CH-][N+](=O)[O-])c1ccccc1N.[Rh+2]. The molecule has 1 unspecified atom stereocenters. The summed E-state index contributed by atoms with van der Waals surface area (Å²) < 4.78 is 0. The van der Waals surface area contributed by atoms with Crippen molar-refractivity contribution in [1.29, 1.82) is 0 Å². The molecule has 0 aliphatic heterocycles. The monoisotopic (exact) mass is 309 g/mol. The van der Waals surface area contributed by atoms with Gasteiger partial charge in [0.25, 0.3) is 0 Å². The Hall–Kier alpha value is -1.09. The van der Waals surface area contributed by atoms with Crippen LogP contribution in [0.25, 0.3) is 0 Å². The number of hydrogen-bond donors (Lipinski definition) is 1. The van der Waals surface area contributed by atoms with Crippen molar-refractivity contribution in [1.82, 2.24) is 0 Å². The van der Waals surface area contributed by atoms with E-state index in [4.69, 9.17) is 5.73 Å². The van der Waals surface area contributed by atoms with E-state index >= 15 is 0 Å². The fourth-order valence-corrected chi connectivity index (χ4v) is 1.50. The van der Waals surface area contributed by atoms with Gasteiger partial charge in [0.15, 0.2) is 0 Å². The molecule has 0 bridgehead atoms. The molecular formula is C11H14N2O2Rh. The molecular weight excluding hydrogens is 295 g/mol. The molecule has 0 amide bonds. The van der Waals surface area contributed by atoms with Crippen LogP contribution < -0.4 is 5.73 Å². The number of nitrogens with two attached hydrogens (primary N) is 1. The first kappa shape index (κ1) is 14.9. The van der Waals surface area contributed by atoms with E-state index in [0.29, 0.717) is 18.5 Å².